The highest BCUT2D eigenvalue weighted by Gasteiger charge is 2.18. The fourth-order valence-electron chi connectivity index (χ4n) is 2.63. The summed E-state index contributed by atoms with van der Waals surface area (Å²) in [5, 5.41) is 13.5. The SMILES string of the molecule is O=C(Nc1cccc([N+](=O)[O-])c1)c1ccccc1OCC1CCCO1. The molecule has 1 fully saturated rings. The lowest BCUT2D eigenvalue weighted by atomic mass is 10.1. The van der Waals surface area contributed by atoms with Crippen LogP contribution in [-0.4, -0.2) is 30.1 Å². The van der Waals surface area contributed by atoms with Crippen molar-refractivity contribution in [1.82, 2.24) is 0 Å². The zero-order valence-corrected chi connectivity index (χ0v) is 13.5. The monoisotopic (exact) mass is 342 g/mol. The summed E-state index contributed by atoms with van der Waals surface area (Å²) < 4.78 is 11.3. The van der Waals surface area contributed by atoms with Crippen molar-refractivity contribution in [2.45, 2.75) is 18.9 Å². The fraction of sp³-hybridized carbons (Fsp3) is 0.278. The van der Waals surface area contributed by atoms with Gasteiger partial charge in [0.15, 0.2) is 0 Å². The summed E-state index contributed by atoms with van der Waals surface area (Å²) in [7, 11) is 0. The van der Waals surface area contributed by atoms with Crippen molar-refractivity contribution in [2.24, 2.45) is 0 Å². The topological polar surface area (TPSA) is 90.7 Å². The molecule has 1 amide bonds. The van der Waals surface area contributed by atoms with Gasteiger partial charge in [-0.25, -0.2) is 0 Å². The average molecular weight is 342 g/mol. The number of carbonyl (C=O) groups is 1. The van der Waals surface area contributed by atoms with Crippen LogP contribution in [0.25, 0.3) is 0 Å². The molecule has 0 aromatic heterocycles. The number of hydrogen-bond donors (Lipinski definition) is 1. The van der Waals surface area contributed by atoms with Crippen LogP contribution in [0.5, 0.6) is 5.75 Å². The fourth-order valence-corrected chi connectivity index (χ4v) is 2.63. The van der Waals surface area contributed by atoms with E-state index in [4.69, 9.17) is 9.47 Å². The van der Waals surface area contributed by atoms with Crippen molar-refractivity contribution < 1.29 is 19.2 Å². The highest BCUT2D eigenvalue weighted by molar-refractivity contribution is 6.06. The van der Waals surface area contributed by atoms with Crippen LogP contribution in [-0.2, 0) is 4.74 Å². The van der Waals surface area contributed by atoms with Crippen LogP contribution in [0.2, 0.25) is 0 Å². The van der Waals surface area contributed by atoms with Gasteiger partial charge in [-0.2, -0.15) is 0 Å². The molecule has 7 heteroatoms. The number of ether oxygens (including phenoxy) is 2. The molecule has 0 aliphatic carbocycles. The molecule has 1 saturated heterocycles. The lowest BCUT2D eigenvalue weighted by molar-refractivity contribution is -0.384. The smallest absolute Gasteiger partial charge is 0.271 e. The Morgan fingerprint density at radius 2 is 2.12 bits per heavy atom. The maximum atomic E-state index is 12.5. The average Bonchev–Trinajstić information content (AvgIpc) is 3.14. The first-order valence-corrected chi connectivity index (χ1v) is 8.03. The number of carbonyl (C=O) groups excluding carboxylic acids is 1. The van der Waals surface area contributed by atoms with Crippen LogP contribution < -0.4 is 10.1 Å². The molecule has 2 aromatic rings. The minimum Gasteiger partial charge on any atom is -0.490 e. The van der Waals surface area contributed by atoms with Gasteiger partial charge in [-0.05, 0) is 31.0 Å². The molecular formula is C18H18N2O5. The normalized spacial score (nSPS) is 16.4. The standard InChI is InChI=1S/C18H18N2O5/c21-18(19-13-5-3-6-14(11-13)20(22)23)16-8-1-2-9-17(16)25-12-15-7-4-10-24-15/h1-3,5-6,8-9,11,15H,4,7,10,12H2,(H,19,21). The molecule has 7 nitrogen and oxygen atoms in total. The van der Waals surface area contributed by atoms with Gasteiger partial charge in [0.05, 0.1) is 16.6 Å². The molecule has 2 aromatic carbocycles. The molecule has 1 aliphatic heterocycles. The van der Waals surface area contributed by atoms with Crippen LogP contribution in [0.15, 0.2) is 48.5 Å². The van der Waals surface area contributed by atoms with Crippen LogP contribution in [0, 0.1) is 10.1 Å². The number of amides is 1. The largest absolute Gasteiger partial charge is 0.490 e. The molecule has 3 rings (SSSR count). The predicted molar refractivity (Wildman–Crippen MR) is 92.0 cm³/mol. The molecule has 1 heterocycles. The number of para-hydroxylation sites is 1. The molecule has 0 radical (unpaired) electrons. The number of nitro groups is 1. The number of nitrogens with zero attached hydrogens (tertiary/aromatic N) is 1. The van der Waals surface area contributed by atoms with Crippen molar-refractivity contribution >= 4 is 17.3 Å². The molecule has 0 saturated carbocycles. The first-order valence-electron chi connectivity index (χ1n) is 8.03. The van der Waals surface area contributed by atoms with E-state index in [0.717, 1.165) is 19.4 Å². The van der Waals surface area contributed by atoms with Crippen molar-refractivity contribution in [3.8, 4) is 5.75 Å². The first-order chi connectivity index (χ1) is 12.1. The number of nitro benzene ring substituents is 1. The Morgan fingerprint density at radius 3 is 2.88 bits per heavy atom. The van der Waals surface area contributed by atoms with Gasteiger partial charge in [0.1, 0.15) is 12.4 Å². The zero-order chi connectivity index (χ0) is 17.6. The quantitative estimate of drug-likeness (QED) is 0.642. The number of hydrogen-bond acceptors (Lipinski definition) is 5. The highest BCUT2D eigenvalue weighted by atomic mass is 16.6. The lowest BCUT2D eigenvalue weighted by Crippen LogP contribution is -2.19. The van der Waals surface area contributed by atoms with Crippen LogP contribution in [0.4, 0.5) is 11.4 Å². The third-order valence-electron chi connectivity index (χ3n) is 3.90. The maximum Gasteiger partial charge on any atom is 0.271 e. The van der Waals surface area contributed by atoms with E-state index in [0.29, 0.717) is 23.6 Å². The summed E-state index contributed by atoms with van der Waals surface area (Å²) in [6.07, 6.45) is 2.01. The Hall–Kier alpha value is -2.93. The summed E-state index contributed by atoms with van der Waals surface area (Å²) in [6.45, 7) is 1.13. The predicted octanol–water partition coefficient (Wildman–Crippen LogP) is 3.40. The van der Waals surface area contributed by atoms with E-state index in [1.807, 2.05) is 0 Å². The van der Waals surface area contributed by atoms with Crippen molar-refractivity contribution in [3.05, 3.63) is 64.2 Å². The third kappa shape index (κ3) is 4.33. The summed E-state index contributed by atoms with van der Waals surface area (Å²) >= 11 is 0. The van der Waals surface area contributed by atoms with E-state index >= 15 is 0 Å². The number of rotatable bonds is 6. The molecule has 25 heavy (non-hydrogen) atoms. The first kappa shape index (κ1) is 16.9. The van der Waals surface area contributed by atoms with Crippen molar-refractivity contribution in [2.75, 3.05) is 18.5 Å². The second-order valence-electron chi connectivity index (χ2n) is 5.70. The Labute approximate surface area is 144 Å². The number of non-ortho nitro benzene ring substituents is 1. The molecule has 1 N–H and O–H groups in total. The second kappa shape index (κ2) is 7.76. The number of benzene rings is 2. The van der Waals surface area contributed by atoms with Gasteiger partial charge < -0.3 is 14.8 Å². The van der Waals surface area contributed by atoms with E-state index in [1.165, 1.54) is 18.2 Å². The third-order valence-corrected chi connectivity index (χ3v) is 3.90. The van der Waals surface area contributed by atoms with Gasteiger partial charge >= 0.3 is 0 Å². The molecule has 0 spiro atoms. The van der Waals surface area contributed by atoms with Gasteiger partial charge in [-0.1, -0.05) is 18.2 Å². The van der Waals surface area contributed by atoms with Crippen LogP contribution >= 0.6 is 0 Å². The van der Waals surface area contributed by atoms with Crippen LogP contribution in [0.3, 0.4) is 0 Å². The van der Waals surface area contributed by atoms with Gasteiger partial charge in [-0.3, -0.25) is 14.9 Å². The summed E-state index contributed by atoms with van der Waals surface area (Å²) in [4.78, 5) is 22.8. The van der Waals surface area contributed by atoms with E-state index in [9.17, 15) is 14.9 Å². The molecule has 1 unspecified atom stereocenters. The molecule has 1 atom stereocenters. The second-order valence-corrected chi connectivity index (χ2v) is 5.70. The maximum absolute atomic E-state index is 12.5. The van der Waals surface area contributed by atoms with Crippen LogP contribution in [0.1, 0.15) is 23.2 Å². The lowest BCUT2D eigenvalue weighted by Gasteiger charge is -2.14. The summed E-state index contributed by atoms with van der Waals surface area (Å²) in [6, 6.07) is 12.7. The molecule has 130 valence electrons. The summed E-state index contributed by atoms with van der Waals surface area (Å²) in [5.74, 6) is 0.0735. The number of anilines is 1. The van der Waals surface area contributed by atoms with E-state index in [-0.39, 0.29) is 17.7 Å². The zero-order valence-electron chi connectivity index (χ0n) is 13.5. The molecule has 1 aliphatic rings. The highest BCUT2D eigenvalue weighted by Crippen LogP contribution is 2.23. The molecular weight excluding hydrogens is 324 g/mol. The van der Waals surface area contributed by atoms with E-state index in [2.05, 4.69) is 5.32 Å². The minimum absolute atomic E-state index is 0.0490. The van der Waals surface area contributed by atoms with Crippen molar-refractivity contribution in [3.63, 3.8) is 0 Å². The Bertz CT molecular complexity index is 772. The summed E-state index contributed by atoms with van der Waals surface area (Å²) in [5.41, 5.74) is 0.640. The van der Waals surface area contributed by atoms with E-state index < -0.39 is 4.92 Å². The Morgan fingerprint density at radius 1 is 1.28 bits per heavy atom. The number of nitrogens with one attached hydrogen (secondary N) is 1. The molecule has 0 bridgehead atoms. The van der Waals surface area contributed by atoms with Gasteiger partial charge in [0.25, 0.3) is 11.6 Å². The van der Waals surface area contributed by atoms with Gasteiger partial charge in [0, 0.05) is 24.4 Å². The Kier molecular flexibility index (Phi) is 5.25. The minimum atomic E-state index is -0.506. The van der Waals surface area contributed by atoms with Gasteiger partial charge in [-0.15, -0.1) is 0 Å². The van der Waals surface area contributed by atoms with E-state index in [1.54, 1.807) is 30.3 Å². The van der Waals surface area contributed by atoms with Crippen molar-refractivity contribution in [1.29, 1.82) is 0 Å². The van der Waals surface area contributed by atoms with Gasteiger partial charge in [0.2, 0.25) is 0 Å². The Balaban J connectivity index is 1.71.